The second kappa shape index (κ2) is 6.16. The van der Waals surface area contributed by atoms with Crippen molar-refractivity contribution < 1.29 is 5.11 Å². The normalized spacial score (nSPS) is 11.7. The SMILES string of the molecule is Cc1ccc(CN(C)c2nc(C(C)(C)C)c(CO)s2)cc1. The average molecular weight is 304 g/mol. The van der Waals surface area contributed by atoms with Gasteiger partial charge in [0.25, 0.3) is 0 Å². The van der Waals surface area contributed by atoms with Gasteiger partial charge >= 0.3 is 0 Å². The summed E-state index contributed by atoms with van der Waals surface area (Å²) in [6.45, 7) is 9.36. The van der Waals surface area contributed by atoms with Gasteiger partial charge in [0.15, 0.2) is 5.13 Å². The molecule has 0 aliphatic heterocycles. The van der Waals surface area contributed by atoms with E-state index in [0.717, 1.165) is 22.2 Å². The Morgan fingerprint density at radius 2 is 1.81 bits per heavy atom. The summed E-state index contributed by atoms with van der Waals surface area (Å²) in [5, 5.41) is 10.5. The molecular formula is C17H24N2OS. The van der Waals surface area contributed by atoms with E-state index in [0.29, 0.717) is 0 Å². The molecule has 0 saturated heterocycles. The summed E-state index contributed by atoms with van der Waals surface area (Å²) in [5.74, 6) is 0. The Labute approximate surface area is 131 Å². The third-order valence-electron chi connectivity index (χ3n) is 3.41. The summed E-state index contributed by atoms with van der Waals surface area (Å²) >= 11 is 1.58. The zero-order valence-electron chi connectivity index (χ0n) is 13.5. The van der Waals surface area contributed by atoms with Crippen LogP contribution >= 0.6 is 11.3 Å². The summed E-state index contributed by atoms with van der Waals surface area (Å²) in [7, 11) is 2.05. The predicted octanol–water partition coefficient (Wildman–Crippen LogP) is 3.88. The van der Waals surface area contributed by atoms with Crippen molar-refractivity contribution in [3.05, 3.63) is 46.0 Å². The van der Waals surface area contributed by atoms with Gasteiger partial charge in [-0.2, -0.15) is 0 Å². The molecule has 0 radical (unpaired) electrons. The van der Waals surface area contributed by atoms with Crippen molar-refractivity contribution in [2.75, 3.05) is 11.9 Å². The van der Waals surface area contributed by atoms with Crippen molar-refractivity contribution in [2.24, 2.45) is 0 Å². The zero-order chi connectivity index (χ0) is 15.6. The fourth-order valence-corrected chi connectivity index (χ4v) is 3.32. The third kappa shape index (κ3) is 3.83. The standard InChI is InChI=1S/C17H24N2OS/c1-12-6-8-13(9-7-12)10-19(5)16-18-15(17(2,3)4)14(11-20)21-16/h6-9,20H,10-11H2,1-5H3. The first-order valence-electron chi connectivity index (χ1n) is 7.19. The Kier molecular flexibility index (Phi) is 4.69. The van der Waals surface area contributed by atoms with Crippen LogP contribution in [0.1, 0.15) is 42.5 Å². The van der Waals surface area contributed by atoms with Gasteiger partial charge in [0.2, 0.25) is 0 Å². The van der Waals surface area contributed by atoms with Crippen LogP contribution < -0.4 is 4.90 Å². The molecular weight excluding hydrogens is 280 g/mol. The number of hydrogen-bond acceptors (Lipinski definition) is 4. The topological polar surface area (TPSA) is 36.4 Å². The lowest BCUT2D eigenvalue weighted by Gasteiger charge is -2.18. The van der Waals surface area contributed by atoms with Gasteiger partial charge < -0.3 is 10.0 Å². The highest BCUT2D eigenvalue weighted by Crippen LogP contribution is 2.33. The summed E-state index contributed by atoms with van der Waals surface area (Å²) in [6.07, 6.45) is 0. The van der Waals surface area contributed by atoms with Gasteiger partial charge in [-0.1, -0.05) is 61.9 Å². The lowest BCUT2D eigenvalue weighted by atomic mass is 9.91. The van der Waals surface area contributed by atoms with Crippen molar-refractivity contribution in [3.63, 3.8) is 0 Å². The second-order valence-electron chi connectivity index (χ2n) is 6.52. The molecule has 114 valence electrons. The number of hydrogen-bond donors (Lipinski definition) is 1. The van der Waals surface area contributed by atoms with Crippen LogP contribution in [0, 0.1) is 6.92 Å². The van der Waals surface area contributed by atoms with Gasteiger partial charge in [-0.05, 0) is 12.5 Å². The molecule has 1 aromatic heterocycles. The first-order chi connectivity index (χ1) is 9.81. The Morgan fingerprint density at radius 1 is 1.19 bits per heavy atom. The van der Waals surface area contributed by atoms with Crippen LogP contribution in [0.4, 0.5) is 5.13 Å². The molecule has 2 rings (SSSR count). The molecule has 0 atom stereocenters. The molecule has 1 aromatic carbocycles. The van der Waals surface area contributed by atoms with Crippen molar-refractivity contribution in [3.8, 4) is 0 Å². The highest BCUT2D eigenvalue weighted by molar-refractivity contribution is 7.15. The Bertz CT molecular complexity index is 596. The first kappa shape index (κ1) is 16.0. The molecule has 0 aliphatic rings. The van der Waals surface area contributed by atoms with E-state index >= 15 is 0 Å². The Morgan fingerprint density at radius 3 is 2.29 bits per heavy atom. The number of aliphatic hydroxyl groups excluding tert-OH is 1. The van der Waals surface area contributed by atoms with E-state index in [9.17, 15) is 5.11 Å². The summed E-state index contributed by atoms with van der Waals surface area (Å²) in [4.78, 5) is 7.86. The van der Waals surface area contributed by atoms with Crippen molar-refractivity contribution in [1.29, 1.82) is 0 Å². The number of aromatic nitrogens is 1. The highest BCUT2D eigenvalue weighted by atomic mass is 32.1. The molecule has 1 N–H and O–H groups in total. The fourth-order valence-electron chi connectivity index (χ4n) is 2.23. The highest BCUT2D eigenvalue weighted by Gasteiger charge is 2.23. The molecule has 0 spiro atoms. The first-order valence-corrected chi connectivity index (χ1v) is 8.00. The van der Waals surface area contributed by atoms with E-state index in [1.54, 1.807) is 11.3 Å². The molecule has 0 amide bonds. The maximum absolute atomic E-state index is 9.55. The van der Waals surface area contributed by atoms with Gasteiger partial charge in [-0.25, -0.2) is 4.98 Å². The minimum atomic E-state index is -0.0441. The number of anilines is 1. The van der Waals surface area contributed by atoms with Crippen LogP contribution in [0.5, 0.6) is 0 Å². The fraction of sp³-hybridized carbons (Fsp3) is 0.471. The van der Waals surface area contributed by atoms with Crippen LogP contribution in [0.25, 0.3) is 0 Å². The molecule has 3 nitrogen and oxygen atoms in total. The number of thiazole rings is 1. The molecule has 0 unspecified atom stereocenters. The van der Waals surface area contributed by atoms with Gasteiger partial charge in [0.05, 0.1) is 17.2 Å². The summed E-state index contributed by atoms with van der Waals surface area (Å²) in [5.41, 5.74) is 3.49. The molecule has 21 heavy (non-hydrogen) atoms. The minimum absolute atomic E-state index is 0.0441. The number of rotatable bonds is 4. The maximum Gasteiger partial charge on any atom is 0.185 e. The van der Waals surface area contributed by atoms with E-state index < -0.39 is 0 Å². The Hall–Kier alpha value is -1.39. The molecule has 4 heteroatoms. The monoisotopic (exact) mass is 304 g/mol. The largest absolute Gasteiger partial charge is 0.391 e. The van der Waals surface area contributed by atoms with Crippen LogP contribution in [0.2, 0.25) is 0 Å². The second-order valence-corrected chi connectivity index (χ2v) is 7.58. The van der Waals surface area contributed by atoms with Gasteiger partial charge in [0.1, 0.15) is 0 Å². The average Bonchev–Trinajstić information content (AvgIpc) is 2.85. The number of aliphatic hydroxyl groups is 1. The van der Waals surface area contributed by atoms with Gasteiger partial charge in [-0.15, -0.1) is 0 Å². The van der Waals surface area contributed by atoms with Gasteiger partial charge in [-0.3, -0.25) is 0 Å². The quantitative estimate of drug-likeness (QED) is 0.931. The smallest absolute Gasteiger partial charge is 0.185 e. The van der Waals surface area contributed by atoms with E-state index in [-0.39, 0.29) is 12.0 Å². The van der Waals surface area contributed by atoms with E-state index in [1.807, 2.05) is 7.05 Å². The number of aryl methyl sites for hydroxylation is 1. The van der Waals surface area contributed by atoms with Gasteiger partial charge in [0, 0.05) is 19.0 Å². The molecule has 0 bridgehead atoms. The zero-order valence-corrected chi connectivity index (χ0v) is 14.3. The van der Waals surface area contributed by atoms with Crippen LogP contribution in [-0.4, -0.2) is 17.1 Å². The van der Waals surface area contributed by atoms with Crippen molar-refractivity contribution in [1.82, 2.24) is 4.98 Å². The lowest BCUT2D eigenvalue weighted by molar-refractivity contribution is 0.282. The predicted molar refractivity (Wildman–Crippen MR) is 90.0 cm³/mol. The van der Waals surface area contributed by atoms with Crippen LogP contribution in [-0.2, 0) is 18.6 Å². The summed E-state index contributed by atoms with van der Waals surface area (Å²) in [6, 6.07) is 8.56. The number of benzene rings is 1. The van der Waals surface area contributed by atoms with E-state index in [1.165, 1.54) is 11.1 Å². The molecule has 0 fully saturated rings. The van der Waals surface area contributed by atoms with Crippen LogP contribution in [0.15, 0.2) is 24.3 Å². The molecule has 0 aliphatic carbocycles. The van der Waals surface area contributed by atoms with Crippen LogP contribution in [0.3, 0.4) is 0 Å². The molecule has 0 saturated carbocycles. The summed E-state index contributed by atoms with van der Waals surface area (Å²) < 4.78 is 0. The molecule has 1 heterocycles. The number of nitrogens with zero attached hydrogens (tertiary/aromatic N) is 2. The van der Waals surface area contributed by atoms with E-state index in [2.05, 4.69) is 56.9 Å². The lowest BCUT2D eigenvalue weighted by Crippen LogP contribution is -2.18. The van der Waals surface area contributed by atoms with Crippen molar-refractivity contribution >= 4 is 16.5 Å². The molecule has 2 aromatic rings. The maximum atomic E-state index is 9.55. The minimum Gasteiger partial charge on any atom is -0.391 e. The Balaban J connectivity index is 2.21. The third-order valence-corrected chi connectivity index (χ3v) is 4.56. The van der Waals surface area contributed by atoms with Crippen molar-refractivity contribution in [2.45, 2.75) is 46.3 Å². The van der Waals surface area contributed by atoms with E-state index in [4.69, 9.17) is 4.98 Å².